The van der Waals surface area contributed by atoms with E-state index in [0.717, 1.165) is 29.5 Å². The molecule has 0 N–H and O–H groups in total. The van der Waals surface area contributed by atoms with Crippen LogP contribution in [0.4, 0.5) is 0 Å². The quantitative estimate of drug-likeness (QED) is 0.225. The lowest BCUT2D eigenvalue weighted by Crippen LogP contribution is -2.30. The molecule has 0 atom stereocenters. The van der Waals surface area contributed by atoms with Crippen molar-refractivity contribution in [1.29, 1.82) is 0 Å². The fraction of sp³-hybridized carbons (Fsp3) is 0.379. The number of benzene rings is 3. The Bertz CT molecular complexity index is 1020. The summed E-state index contributed by atoms with van der Waals surface area (Å²) in [7, 11) is 8.27. The lowest BCUT2D eigenvalue weighted by Gasteiger charge is -2.37. The molecule has 0 aliphatic rings. The van der Waals surface area contributed by atoms with Crippen molar-refractivity contribution in [2.75, 3.05) is 42.2 Å². The summed E-state index contributed by atoms with van der Waals surface area (Å²) in [6.07, 6.45) is 1.96. The fourth-order valence-electron chi connectivity index (χ4n) is 4.68. The standard InChI is InChI=1S/C29H36O6/c1-8-9-19-35-25-18-12-17-24(34-7)28(25)29(2,26-20(30-3)13-10-14-21(26)31-4)27-22(32-5)15-11-16-23(27)33-6/h10-18H,8-9,19H2,1-7H3. The molecule has 6 heteroatoms. The van der Waals surface area contributed by atoms with Gasteiger partial charge in [-0.1, -0.05) is 31.5 Å². The number of hydrogen-bond donors (Lipinski definition) is 0. The van der Waals surface area contributed by atoms with Crippen LogP contribution in [0.3, 0.4) is 0 Å². The van der Waals surface area contributed by atoms with Crippen LogP contribution < -0.4 is 28.4 Å². The Morgan fingerprint density at radius 1 is 0.543 bits per heavy atom. The SMILES string of the molecule is CCCCOc1cccc(OC)c1C(C)(c1c(OC)cccc1OC)c1c(OC)cccc1OC. The van der Waals surface area contributed by atoms with Crippen LogP contribution in [0.15, 0.2) is 54.6 Å². The zero-order valence-corrected chi connectivity index (χ0v) is 21.8. The fourth-order valence-corrected chi connectivity index (χ4v) is 4.68. The Kier molecular flexibility index (Phi) is 8.74. The van der Waals surface area contributed by atoms with Crippen molar-refractivity contribution in [2.24, 2.45) is 0 Å². The molecular formula is C29H36O6. The highest BCUT2D eigenvalue weighted by atomic mass is 16.5. The van der Waals surface area contributed by atoms with Crippen molar-refractivity contribution >= 4 is 0 Å². The highest BCUT2D eigenvalue weighted by Crippen LogP contribution is 2.56. The van der Waals surface area contributed by atoms with E-state index in [1.807, 2.05) is 54.6 Å². The van der Waals surface area contributed by atoms with Gasteiger partial charge in [-0.25, -0.2) is 0 Å². The number of ether oxygens (including phenoxy) is 6. The summed E-state index contributed by atoms with van der Waals surface area (Å²) in [6.45, 7) is 4.82. The second-order valence-electron chi connectivity index (χ2n) is 8.24. The van der Waals surface area contributed by atoms with E-state index in [0.29, 0.717) is 41.1 Å². The molecule has 0 bridgehead atoms. The van der Waals surface area contributed by atoms with Crippen LogP contribution >= 0.6 is 0 Å². The lowest BCUT2D eigenvalue weighted by molar-refractivity contribution is 0.295. The zero-order valence-electron chi connectivity index (χ0n) is 21.8. The molecule has 0 amide bonds. The van der Waals surface area contributed by atoms with E-state index in [2.05, 4.69) is 13.8 Å². The van der Waals surface area contributed by atoms with Gasteiger partial charge in [0.15, 0.2) is 0 Å². The minimum atomic E-state index is -0.927. The normalized spacial score (nSPS) is 11.1. The van der Waals surface area contributed by atoms with Gasteiger partial charge in [0.25, 0.3) is 0 Å². The van der Waals surface area contributed by atoms with Gasteiger partial charge >= 0.3 is 0 Å². The molecule has 0 radical (unpaired) electrons. The number of rotatable bonds is 12. The smallest absolute Gasteiger partial charge is 0.127 e. The molecule has 6 nitrogen and oxygen atoms in total. The highest BCUT2D eigenvalue weighted by molar-refractivity contribution is 5.70. The number of unbranched alkanes of at least 4 members (excludes halogenated alkanes) is 1. The minimum Gasteiger partial charge on any atom is -0.496 e. The summed E-state index contributed by atoms with van der Waals surface area (Å²) in [5.41, 5.74) is 1.50. The van der Waals surface area contributed by atoms with Gasteiger partial charge in [0.1, 0.15) is 34.5 Å². The average Bonchev–Trinajstić information content (AvgIpc) is 2.91. The van der Waals surface area contributed by atoms with Crippen LogP contribution in [-0.4, -0.2) is 42.2 Å². The highest BCUT2D eigenvalue weighted by Gasteiger charge is 2.45. The molecule has 0 fully saturated rings. The summed E-state index contributed by atoms with van der Waals surface area (Å²) < 4.78 is 35.9. The molecule has 35 heavy (non-hydrogen) atoms. The van der Waals surface area contributed by atoms with E-state index in [9.17, 15) is 0 Å². The minimum absolute atomic E-state index is 0.582. The van der Waals surface area contributed by atoms with Crippen LogP contribution in [0.1, 0.15) is 43.4 Å². The largest absolute Gasteiger partial charge is 0.496 e. The Labute approximate surface area is 208 Å². The van der Waals surface area contributed by atoms with E-state index in [1.165, 1.54) is 0 Å². The maximum Gasteiger partial charge on any atom is 0.127 e. The van der Waals surface area contributed by atoms with Crippen molar-refractivity contribution in [1.82, 2.24) is 0 Å². The Morgan fingerprint density at radius 3 is 1.17 bits per heavy atom. The molecule has 3 aromatic carbocycles. The summed E-state index contributed by atoms with van der Waals surface area (Å²) in [5, 5.41) is 0. The Morgan fingerprint density at radius 2 is 0.857 bits per heavy atom. The van der Waals surface area contributed by atoms with Crippen LogP contribution in [0.25, 0.3) is 0 Å². The van der Waals surface area contributed by atoms with Crippen molar-refractivity contribution in [3.8, 4) is 34.5 Å². The van der Waals surface area contributed by atoms with Gasteiger partial charge < -0.3 is 28.4 Å². The van der Waals surface area contributed by atoms with E-state index >= 15 is 0 Å². The topological polar surface area (TPSA) is 55.4 Å². The monoisotopic (exact) mass is 480 g/mol. The molecule has 0 unspecified atom stereocenters. The van der Waals surface area contributed by atoms with Gasteiger partial charge in [0.05, 0.1) is 64.3 Å². The molecule has 0 spiro atoms. The first kappa shape index (κ1) is 26.1. The maximum absolute atomic E-state index is 6.36. The second kappa shape index (κ2) is 11.7. The van der Waals surface area contributed by atoms with Gasteiger partial charge in [0.2, 0.25) is 0 Å². The van der Waals surface area contributed by atoms with Gasteiger partial charge in [-0.15, -0.1) is 0 Å². The van der Waals surface area contributed by atoms with Crippen molar-refractivity contribution in [2.45, 2.75) is 32.1 Å². The first-order chi connectivity index (χ1) is 17.0. The van der Waals surface area contributed by atoms with Gasteiger partial charge in [-0.2, -0.15) is 0 Å². The molecule has 3 aromatic rings. The summed E-state index contributed by atoms with van der Waals surface area (Å²) in [4.78, 5) is 0. The first-order valence-electron chi connectivity index (χ1n) is 11.7. The van der Waals surface area contributed by atoms with E-state index in [-0.39, 0.29) is 0 Å². The average molecular weight is 481 g/mol. The van der Waals surface area contributed by atoms with Gasteiger partial charge in [0, 0.05) is 0 Å². The number of methoxy groups -OCH3 is 5. The molecule has 0 heterocycles. The molecule has 0 aliphatic heterocycles. The van der Waals surface area contributed by atoms with Crippen LogP contribution in [0.2, 0.25) is 0 Å². The van der Waals surface area contributed by atoms with Crippen molar-refractivity contribution < 1.29 is 28.4 Å². The molecule has 0 saturated heterocycles. The first-order valence-corrected chi connectivity index (χ1v) is 11.7. The molecular weight excluding hydrogens is 444 g/mol. The summed E-state index contributed by atoms with van der Waals surface area (Å²) >= 11 is 0. The third-order valence-electron chi connectivity index (χ3n) is 6.32. The van der Waals surface area contributed by atoms with Crippen molar-refractivity contribution in [3.05, 3.63) is 71.3 Å². The van der Waals surface area contributed by atoms with Crippen LogP contribution in [0, 0.1) is 0 Å². The molecule has 0 aliphatic carbocycles. The lowest BCUT2D eigenvalue weighted by atomic mass is 9.68. The van der Waals surface area contributed by atoms with E-state index < -0.39 is 5.41 Å². The van der Waals surface area contributed by atoms with Crippen molar-refractivity contribution in [3.63, 3.8) is 0 Å². The predicted octanol–water partition coefficient (Wildman–Crippen LogP) is 6.26. The third kappa shape index (κ3) is 4.83. The summed E-state index contributed by atoms with van der Waals surface area (Å²) in [5.74, 6) is 4.01. The summed E-state index contributed by atoms with van der Waals surface area (Å²) in [6, 6.07) is 17.3. The number of hydrogen-bond acceptors (Lipinski definition) is 6. The molecule has 188 valence electrons. The van der Waals surface area contributed by atoms with Gasteiger partial charge in [-0.3, -0.25) is 0 Å². The zero-order chi connectivity index (χ0) is 25.4. The third-order valence-corrected chi connectivity index (χ3v) is 6.32. The Hall–Kier alpha value is -3.54. The van der Waals surface area contributed by atoms with E-state index in [1.54, 1.807) is 35.5 Å². The molecule has 3 rings (SSSR count). The molecule has 0 aromatic heterocycles. The van der Waals surface area contributed by atoms with Crippen LogP contribution in [-0.2, 0) is 5.41 Å². The van der Waals surface area contributed by atoms with Crippen LogP contribution in [0.5, 0.6) is 34.5 Å². The van der Waals surface area contributed by atoms with Gasteiger partial charge in [-0.05, 0) is 49.7 Å². The molecule has 0 saturated carbocycles. The second-order valence-corrected chi connectivity index (χ2v) is 8.24. The predicted molar refractivity (Wildman–Crippen MR) is 138 cm³/mol. The maximum atomic E-state index is 6.36. The van der Waals surface area contributed by atoms with E-state index in [4.69, 9.17) is 28.4 Å². The Balaban J connectivity index is 2.54.